The molecule has 1 aliphatic rings. The molecule has 5 nitrogen and oxygen atoms in total. The molecule has 1 rings (SSSR count). The van der Waals surface area contributed by atoms with Crippen molar-refractivity contribution in [2.24, 2.45) is 5.73 Å². The summed E-state index contributed by atoms with van der Waals surface area (Å²) in [4.78, 5) is 12.8. The highest BCUT2D eigenvalue weighted by atomic mass is 32.2. The second-order valence-electron chi connectivity index (χ2n) is 4.44. The topological polar surface area (TPSA) is 80.5 Å². The van der Waals surface area contributed by atoms with Crippen LogP contribution in [-0.2, 0) is 14.6 Å². The van der Waals surface area contributed by atoms with E-state index in [1.165, 1.54) is 11.2 Å². The minimum absolute atomic E-state index is 0.0293. The van der Waals surface area contributed by atoms with Crippen LogP contribution in [0.1, 0.15) is 13.8 Å². The predicted octanol–water partition coefficient (Wildman–Crippen LogP) is -1.02. The first-order valence-electron chi connectivity index (χ1n) is 4.38. The molecule has 14 heavy (non-hydrogen) atoms. The van der Waals surface area contributed by atoms with E-state index < -0.39 is 21.4 Å². The summed E-state index contributed by atoms with van der Waals surface area (Å²) >= 11 is 0. The Bertz CT molecular complexity index is 348. The smallest absolute Gasteiger partial charge is 0.241 e. The average Bonchev–Trinajstić information content (AvgIpc) is 1.94. The number of amides is 1. The maximum absolute atomic E-state index is 11.3. The summed E-state index contributed by atoms with van der Waals surface area (Å²) in [6.45, 7) is 3.91. The molecule has 0 radical (unpaired) electrons. The average molecular weight is 220 g/mol. The van der Waals surface area contributed by atoms with Gasteiger partial charge < -0.3 is 10.6 Å². The van der Waals surface area contributed by atoms with Gasteiger partial charge in [-0.3, -0.25) is 4.79 Å². The Morgan fingerprint density at radius 3 is 2.36 bits per heavy atom. The van der Waals surface area contributed by atoms with E-state index in [1.54, 1.807) is 13.8 Å². The second-order valence-corrected chi connectivity index (χ2v) is 6.58. The van der Waals surface area contributed by atoms with Gasteiger partial charge in [-0.05, 0) is 13.8 Å². The van der Waals surface area contributed by atoms with Gasteiger partial charge in [-0.15, -0.1) is 0 Å². The molecule has 1 heterocycles. The van der Waals surface area contributed by atoms with Crippen LogP contribution in [0.15, 0.2) is 0 Å². The van der Waals surface area contributed by atoms with Crippen LogP contribution in [0.3, 0.4) is 0 Å². The number of hydrogen-bond donors (Lipinski definition) is 1. The molecule has 0 aromatic heterocycles. The minimum Gasteiger partial charge on any atom is -0.333 e. The molecule has 6 heteroatoms. The van der Waals surface area contributed by atoms with Crippen molar-refractivity contribution >= 4 is 15.7 Å². The Morgan fingerprint density at radius 2 is 2.07 bits per heavy atom. The first-order valence-corrected chi connectivity index (χ1v) is 6.44. The lowest BCUT2D eigenvalue weighted by molar-refractivity contribution is -0.148. The quantitative estimate of drug-likeness (QED) is 0.617. The SMILES string of the molecule is CC(C)(CS(C)(=O)=O)N1CC(N)C1=O. The Labute approximate surface area is 84.2 Å². The lowest BCUT2D eigenvalue weighted by Crippen LogP contribution is -2.68. The molecule has 0 bridgehead atoms. The molecule has 1 atom stereocenters. The number of rotatable bonds is 3. The van der Waals surface area contributed by atoms with Gasteiger partial charge in [0, 0.05) is 12.8 Å². The Hall–Kier alpha value is -0.620. The molecule has 1 aliphatic heterocycles. The van der Waals surface area contributed by atoms with Crippen molar-refractivity contribution in [1.29, 1.82) is 0 Å². The molecular weight excluding hydrogens is 204 g/mol. The molecule has 1 saturated heterocycles. The minimum atomic E-state index is -3.08. The van der Waals surface area contributed by atoms with Gasteiger partial charge in [-0.2, -0.15) is 0 Å². The van der Waals surface area contributed by atoms with E-state index in [0.717, 1.165) is 0 Å². The fourth-order valence-corrected chi connectivity index (χ4v) is 3.16. The summed E-state index contributed by atoms with van der Waals surface area (Å²) < 4.78 is 22.2. The predicted molar refractivity (Wildman–Crippen MR) is 53.5 cm³/mol. The van der Waals surface area contributed by atoms with E-state index in [4.69, 9.17) is 5.73 Å². The van der Waals surface area contributed by atoms with Gasteiger partial charge in [0.25, 0.3) is 0 Å². The zero-order chi connectivity index (χ0) is 11.1. The number of carbonyl (C=O) groups is 1. The van der Waals surface area contributed by atoms with Crippen molar-refractivity contribution < 1.29 is 13.2 Å². The number of carbonyl (C=O) groups excluding carboxylic acids is 1. The highest BCUT2D eigenvalue weighted by Gasteiger charge is 2.43. The third-order valence-corrected chi connectivity index (χ3v) is 3.54. The summed E-state index contributed by atoms with van der Waals surface area (Å²) in [5.74, 6) is -0.197. The molecule has 0 aliphatic carbocycles. The normalized spacial score (nSPS) is 23.6. The van der Waals surface area contributed by atoms with Gasteiger partial charge in [0.05, 0.1) is 11.3 Å². The standard InChI is InChI=1S/C8H16N2O3S/c1-8(2,5-14(3,12)13)10-4-6(9)7(10)11/h6H,4-5,9H2,1-3H3. The largest absolute Gasteiger partial charge is 0.333 e. The Kier molecular flexibility index (Phi) is 2.62. The van der Waals surface area contributed by atoms with Crippen LogP contribution < -0.4 is 5.73 Å². The second kappa shape index (κ2) is 3.20. The van der Waals surface area contributed by atoms with Crippen molar-refractivity contribution in [2.75, 3.05) is 18.6 Å². The molecule has 0 spiro atoms. The summed E-state index contributed by atoms with van der Waals surface area (Å²) in [6.07, 6.45) is 1.17. The Morgan fingerprint density at radius 1 is 1.57 bits per heavy atom. The fourth-order valence-electron chi connectivity index (χ4n) is 1.72. The van der Waals surface area contributed by atoms with Crippen LogP contribution >= 0.6 is 0 Å². The van der Waals surface area contributed by atoms with Crippen LogP contribution in [0.2, 0.25) is 0 Å². The number of hydrogen-bond acceptors (Lipinski definition) is 4. The molecule has 1 amide bonds. The van der Waals surface area contributed by atoms with Crippen molar-refractivity contribution in [3.63, 3.8) is 0 Å². The van der Waals surface area contributed by atoms with E-state index in [2.05, 4.69) is 0 Å². The summed E-state index contributed by atoms with van der Waals surface area (Å²) in [5.41, 5.74) is 4.78. The molecule has 0 saturated carbocycles. The van der Waals surface area contributed by atoms with Crippen molar-refractivity contribution in [3.8, 4) is 0 Å². The number of nitrogens with zero attached hydrogens (tertiary/aromatic N) is 1. The summed E-state index contributed by atoms with van der Waals surface area (Å²) in [7, 11) is -3.08. The van der Waals surface area contributed by atoms with E-state index in [9.17, 15) is 13.2 Å². The van der Waals surface area contributed by atoms with Gasteiger partial charge in [0.1, 0.15) is 15.9 Å². The van der Waals surface area contributed by atoms with Crippen molar-refractivity contribution in [2.45, 2.75) is 25.4 Å². The van der Waals surface area contributed by atoms with Gasteiger partial charge in [0.2, 0.25) is 5.91 Å². The Balaban J connectivity index is 2.72. The maximum atomic E-state index is 11.3. The monoisotopic (exact) mass is 220 g/mol. The molecule has 0 aromatic rings. The highest BCUT2D eigenvalue weighted by molar-refractivity contribution is 7.90. The third-order valence-electron chi connectivity index (χ3n) is 2.31. The van der Waals surface area contributed by atoms with E-state index in [1.807, 2.05) is 0 Å². The molecule has 1 unspecified atom stereocenters. The van der Waals surface area contributed by atoms with E-state index in [0.29, 0.717) is 6.54 Å². The zero-order valence-electron chi connectivity index (χ0n) is 8.65. The maximum Gasteiger partial charge on any atom is 0.241 e. The van der Waals surface area contributed by atoms with Gasteiger partial charge in [-0.1, -0.05) is 0 Å². The number of β-lactam (4-membered cyclic amide) rings is 1. The number of sulfone groups is 1. The van der Waals surface area contributed by atoms with Crippen molar-refractivity contribution in [1.82, 2.24) is 4.90 Å². The number of likely N-dealkylation sites (tertiary alicyclic amines) is 1. The first kappa shape index (κ1) is 11.5. The first-order chi connectivity index (χ1) is 6.13. The lowest BCUT2D eigenvalue weighted by atomic mass is 9.97. The third kappa shape index (κ3) is 2.24. The zero-order valence-corrected chi connectivity index (χ0v) is 9.47. The van der Waals surface area contributed by atoms with Crippen LogP contribution in [-0.4, -0.2) is 49.4 Å². The summed E-state index contributed by atoms with van der Waals surface area (Å²) in [5, 5.41) is 0. The molecule has 2 N–H and O–H groups in total. The molecule has 1 fully saturated rings. The molecule has 82 valence electrons. The van der Waals surface area contributed by atoms with Crippen molar-refractivity contribution in [3.05, 3.63) is 0 Å². The lowest BCUT2D eigenvalue weighted by Gasteiger charge is -2.47. The fraction of sp³-hybridized carbons (Fsp3) is 0.875. The van der Waals surface area contributed by atoms with Crippen LogP contribution in [0.25, 0.3) is 0 Å². The van der Waals surface area contributed by atoms with E-state index in [-0.39, 0.29) is 11.7 Å². The van der Waals surface area contributed by atoms with Crippen LogP contribution in [0.4, 0.5) is 0 Å². The summed E-state index contributed by atoms with van der Waals surface area (Å²) in [6, 6.07) is -0.450. The van der Waals surface area contributed by atoms with Gasteiger partial charge >= 0.3 is 0 Å². The molecular formula is C8H16N2O3S. The van der Waals surface area contributed by atoms with Gasteiger partial charge in [0.15, 0.2) is 0 Å². The number of nitrogens with two attached hydrogens (primary N) is 1. The van der Waals surface area contributed by atoms with Crippen LogP contribution in [0, 0.1) is 0 Å². The molecule has 0 aromatic carbocycles. The highest BCUT2D eigenvalue weighted by Crippen LogP contribution is 2.23. The van der Waals surface area contributed by atoms with E-state index >= 15 is 0 Å². The van der Waals surface area contributed by atoms with Crippen LogP contribution in [0.5, 0.6) is 0 Å². The van der Waals surface area contributed by atoms with Gasteiger partial charge in [-0.25, -0.2) is 8.42 Å².